The molecule has 0 saturated carbocycles. The molecule has 2 fully saturated rings. The van der Waals surface area contributed by atoms with Crippen LogP contribution in [-0.4, -0.2) is 41.3 Å². The van der Waals surface area contributed by atoms with Crippen molar-refractivity contribution in [2.45, 2.75) is 19.3 Å². The summed E-state index contributed by atoms with van der Waals surface area (Å²) in [5.74, 6) is 0.914. The zero-order valence-electron chi connectivity index (χ0n) is 15.4. The molecule has 0 aliphatic carbocycles. The molecule has 144 valence electrons. The van der Waals surface area contributed by atoms with Crippen LogP contribution in [0, 0.1) is 5.41 Å². The third-order valence-corrected chi connectivity index (χ3v) is 6.77. The molecule has 4 heterocycles. The van der Waals surface area contributed by atoms with E-state index in [4.69, 9.17) is 32.9 Å². The molecule has 28 heavy (non-hydrogen) atoms. The molecule has 2 saturated heterocycles. The Kier molecular flexibility index (Phi) is 4.62. The maximum absolute atomic E-state index is 6.33. The Morgan fingerprint density at radius 1 is 1.00 bits per heavy atom. The largest absolute Gasteiger partial charge is 0.381 e. The standard InChI is InChI=1S/C21H20Cl2N4O/c22-15-3-1-2-14(19(15)23)16-4-5-17-20(26-16)24-12-18(25-17)27-9-6-21(7-10-27)8-11-28-13-21/h1-5,12H,6-11,13H2. The first-order valence-electron chi connectivity index (χ1n) is 9.55. The van der Waals surface area contributed by atoms with E-state index in [1.807, 2.05) is 30.5 Å². The Hall–Kier alpha value is -1.95. The highest BCUT2D eigenvalue weighted by Gasteiger charge is 2.38. The summed E-state index contributed by atoms with van der Waals surface area (Å²) in [5, 5.41) is 1.01. The summed E-state index contributed by atoms with van der Waals surface area (Å²) >= 11 is 12.5. The van der Waals surface area contributed by atoms with Crippen LogP contribution in [-0.2, 0) is 4.74 Å². The highest BCUT2D eigenvalue weighted by molar-refractivity contribution is 6.43. The van der Waals surface area contributed by atoms with Crippen molar-refractivity contribution in [2.24, 2.45) is 5.41 Å². The monoisotopic (exact) mass is 414 g/mol. The van der Waals surface area contributed by atoms with E-state index < -0.39 is 0 Å². The lowest BCUT2D eigenvalue weighted by Gasteiger charge is -2.38. The molecule has 5 rings (SSSR count). The average Bonchev–Trinajstić information content (AvgIpc) is 3.18. The second kappa shape index (κ2) is 7.14. The van der Waals surface area contributed by atoms with Gasteiger partial charge in [-0.15, -0.1) is 0 Å². The number of nitrogens with zero attached hydrogens (tertiary/aromatic N) is 4. The van der Waals surface area contributed by atoms with Gasteiger partial charge < -0.3 is 9.64 Å². The number of benzene rings is 1. The summed E-state index contributed by atoms with van der Waals surface area (Å²) < 4.78 is 5.63. The van der Waals surface area contributed by atoms with Crippen molar-refractivity contribution in [3.8, 4) is 11.3 Å². The Morgan fingerprint density at radius 3 is 2.64 bits per heavy atom. The predicted octanol–water partition coefficient (Wildman–Crippen LogP) is 5.01. The Bertz CT molecular complexity index is 1030. The van der Waals surface area contributed by atoms with Gasteiger partial charge in [-0.25, -0.2) is 15.0 Å². The van der Waals surface area contributed by atoms with Gasteiger partial charge in [-0.05, 0) is 42.9 Å². The topological polar surface area (TPSA) is 51.1 Å². The fraction of sp³-hybridized carbons (Fsp3) is 0.381. The number of hydrogen-bond acceptors (Lipinski definition) is 5. The van der Waals surface area contributed by atoms with Gasteiger partial charge in [0.05, 0.1) is 28.5 Å². The van der Waals surface area contributed by atoms with Gasteiger partial charge in [-0.2, -0.15) is 0 Å². The zero-order valence-corrected chi connectivity index (χ0v) is 16.9. The number of anilines is 1. The van der Waals surface area contributed by atoms with Gasteiger partial charge in [0, 0.05) is 25.3 Å². The third kappa shape index (κ3) is 3.21. The van der Waals surface area contributed by atoms with Gasteiger partial charge in [0.2, 0.25) is 0 Å². The molecular formula is C21H20Cl2N4O. The van der Waals surface area contributed by atoms with E-state index in [9.17, 15) is 0 Å². The minimum Gasteiger partial charge on any atom is -0.381 e. The molecule has 0 atom stereocenters. The number of hydrogen-bond donors (Lipinski definition) is 0. The molecule has 5 nitrogen and oxygen atoms in total. The smallest absolute Gasteiger partial charge is 0.178 e. The van der Waals surface area contributed by atoms with Crippen molar-refractivity contribution in [1.29, 1.82) is 0 Å². The molecule has 2 aliphatic heterocycles. The number of aromatic nitrogens is 3. The first-order chi connectivity index (χ1) is 13.6. The van der Waals surface area contributed by atoms with E-state index in [0.717, 1.165) is 61.7 Å². The lowest BCUT2D eigenvalue weighted by Crippen LogP contribution is -2.40. The molecule has 3 aromatic rings. The van der Waals surface area contributed by atoms with Crippen LogP contribution in [0.4, 0.5) is 5.82 Å². The second-order valence-electron chi connectivity index (χ2n) is 7.66. The van der Waals surface area contributed by atoms with Crippen LogP contribution < -0.4 is 4.90 Å². The summed E-state index contributed by atoms with van der Waals surface area (Å²) in [5.41, 5.74) is 3.30. The fourth-order valence-corrected chi connectivity index (χ4v) is 4.55. The third-order valence-electron chi connectivity index (χ3n) is 5.95. The maximum atomic E-state index is 6.33. The van der Waals surface area contributed by atoms with Gasteiger partial charge in [-0.1, -0.05) is 35.3 Å². The zero-order chi connectivity index (χ0) is 19.1. The second-order valence-corrected chi connectivity index (χ2v) is 8.44. The summed E-state index contributed by atoms with van der Waals surface area (Å²) in [4.78, 5) is 16.3. The highest BCUT2D eigenvalue weighted by atomic mass is 35.5. The van der Waals surface area contributed by atoms with Crippen molar-refractivity contribution in [2.75, 3.05) is 31.2 Å². The van der Waals surface area contributed by atoms with Crippen molar-refractivity contribution in [1.82, 2.24) is 15.0 Å². The van der Waals surface area contributed by atoms with Crippen molar-refractivity contribution in [3.63, 3.8) is 0 Å². The van der Waals surface area contributed by atoms with E-state index in [2.05, 4.69) is 14.9 Å². The first kappa shape index (κ1) is 18.1. The summed E-state index contributed by atoms with van der Waals surface area (Å²) in [6.07, 6.45) is 5.30. The lowest BCUT2D eigenvalue weighted by molar-refractivity contribution is 0.133. The number of fused-ring (bicyclic) bond motifs is 1. The van der Waals surface area contributed by atoms with Crippen LogP contribution in [0.5, 0.6) is 0 Å². The molecule has 2 aromatic heterocycles. The van der Waals surface area contributed by atoms with E-state index in [1.54, 1.807) is 6.07 Å². The number of rotatable bonds is 2. The number of ether oxygens (including phenoxy) is 1. The summed E-state index contributed by atoms with van der Waals surface area (Å²) in [7, 11) is 0. The predicted molar refractivity (Wildman–Crippen MR) is 112 cm³/mol. The van der Waals surface area contributed by atoms with Gasteiger partial charge in [0.25, 0.3) is 0 Å². The SMILES string of the molecule is Clc1cccc(-c2ccc3nc(N4CCC5(CCOC5)CC4)cnc3n2)c1Cl. The molecule has 7 heteroatoms. The van der Waals surface area contributed by atoms with Crippen LogP contribution in [0.2, 0.25) is 10.0 Å². The molecule has 1 aromatic carbocycles. The van der Waals surface area contributed by atoms with Crippen molar-refractivity contribution in [3.05, 3.63) is 46.6 Å². The van der Waals surface area contributed by atoms with E-state index in [1.165, 1.54) is 6.42 Å². The van der Waals surface area contributed by atoms with Gasteiger partial charge in [0.1, 0.15) is 11.3 Å². The normalized spacial score (nSPS) is 18.9. The van der Waals surface area contributed by atoms with Crippen LogP contribution in [0.1, 0.15) is 19.3 Å². The Labute approximate surface area is 173 Å². The van der Waals surface area contributed by atoms with Crippen LogP contribution in [0.3, 0.4) is 0 Å². The van der Waals surface area contributed by atoms with Crippen LogP contribution >= 0.6 is 23.2 Å². The minimum absolute atomic E-state index is 0.382. The average molecular weight is 415 g/mol. The van der Waals surface area contributed by atoms with Gasteiger partial charge in [0.15, 0.2) is 5.65 Å². The quantitative estimate of drug-likeness (QED) is 0.589. The molecule has 1 spiro atoms. The summed E-state index contributed by atoms with van der Waals surface area (Å²) in [6.45, 7) is 3.80. The van der Waals surface area contributed by atoms with Crippen LogP contribution in [0.15, 0.2) is 36.5 Å². The first-order valence-corrected chi connectivity index (χ1v) is 10.3. The lowest BCUT2D eigenvalue weighted by atomic mass is 9.78. The molecular weight excluding hydrogens is 395 g/mol. The van der Waals surface area contributed by atoms with E-state index in [0.29, 0.717) is 21.1 Å². The molecule has 2 aliphatic rings. The Morgan fingerprint density at radius 2 is 1.86 bits per heavy atom. The molecule has 0 unspecified atom stereocenters. The van der Waals surface area contributed by atoms with Crippen LogP contribution in [0.25, 0.3) is 22.4 Å². The molecule has 0 amide bonds. The molecule has 0 N–H and O–H groups in total. The van der Waals surface area contributed by atoms with Gasteiger partial charge >= 0.3 is 0 Å². The number of pyridine rings is 1. The van der Waals surface area contributed by atoms with Crippen molar-refractivity contribution >= 4 is 40.2 Å². The van der Waals surface area contributed by atoms with Gasteiger partial charge in [-0.3, -0.25) is 0 Å². The highest BCUT2D eigenvalue weighted by Crippen LogP contribution is 2.40. The number of halogens is 2. The van der Waals surface area contributed by atoms with E-state index >= 15 is 0 Å². The van der Waals surface area contributed by atoms with E-state index in [-0.39, 0.29) is 0 Å². The Balaban J connectivity index is 1.41. The maximum Gasteiger partial charge on any atom is 0.178 e. The summed E-state index contributed by atoms with van der Waals surface area (Å²) in [6, 6.07) is 9.39. The van der Waals surface area contributed by atoms with Crippen molar-refractivity contribution < 1.29 is 4.74 Å². The fourth-order valence-electron chi connectivity index (χ4n) is 4.15. The molecule has 0 radical (unpaired) electrons. The minimum atomic E-state index is 0.382. The molecule has 0 bridgehead atoms. The number of piperidine rings is 1.